The summed E-state index contributed by atoms with van der Waals surface area (Å²) in [6, 6.07) is 7.28. The van der Waals surface area contributed by atoms with Gasteiger partial charge in [0.05, 0.1) is 5.88 Å². The van der Waals surface area contributed by atoms with Crippen molar-refractivity contribution in [2.75, 3.05) is 19.8 Å². The summed E-state index contributed by atoms with van der Waals surface area (Å²) in [5.74, 6) is 1.16. The van der Waals surface area contributed by atoms with Gasteiger partial charge in [0.2, 0.25) is 0 Å². The highest BCUT2D eigenvalue weighted by Gasteiger charge is 2.01. The average molecular weight is 229 g/mol. The molecule has 0 aliphatic rings. The van der Waals surface area contributed by atoms with E-state index in [0.717, 1.165) is 0 Å². The maximum absolute atomic E-state index is 5.54. The molecule has 0 aliphatic carbocycles. The highest BCUT2D eigenvalue weighted by Crippen LogP contribution is 2.26. The van der Waals surface area contributed by atoms with Gasteiger partial charge in [-0.2, -0.15) is 0 Å². The lowest BCUT2D eigenvalue weighted by Gasteiger charge is -2.07. The van der Waals surface area contributed by atoms with Crippen molar-refractivity contribution in [1.29, 1.82) is 0 Å². The van der Waals surface area contributed by atoms with Gasteiger partial charge in [-0.1, -0.05) is 12.1 Å². The van der Waals surface area contributed by atoms with Crippen LogP contribution in [0.25, 0.3) is 0 Å². The fraction of sp³-hybridized carbons (Fsp3) is 0.300. The summed E-state index contributed by atoms with van der Waals surface area (Å²) < 4.78 is 10.1. The molecule has 1 aromatic carbocycles. The molecule has 82 valence electrons. The number of halogens is 1. The van der Waals surface area contributed by atoms with Crippen LogP contribution in [-0.4, -0.2) is 25.6 Å². The van der Waals surface area contributed by atoms with E-state index in [1.54, 1.807) is 19.2 Å². The third-order valence-corrected chi connectivity index (χ3v) is 1.87. The monoisotopic (exact) mass is 228 g/mol. The van der Waals surface area contributed by atoms with Crippen molar-refractivity contribution in [2.24, 2.45) is 10.7 Å². The number of nitrogens with zero attached hydrogens (tertiary/aromatic N) is 1. The maximum Gasteiger partial charge on any atom is 0.188 e. The number of aliphatic imine (C=N–C) groups is 1. The number of para-hydroxylation sites is 2. The van der Waals surface area contributed by atoms with Gasteiger partial charge in [0.1, 0.15) is 17.3 Å². The number of nitrogens with two attached hydrogens (primary N) is 1. The second kappa shape index (κ2) is 6.27. The Bertz CT molecular complexity index is 342. The number of alkyl halides is 1. The summed E-state index contributed by atoms with van der Waals surface area (Å²) in [6.07, 6.45) is 0. The molecule has 0 bridgehead atoms. The summed E-state index contributed by atoms with van der Waals surface area (Å²) in [5, 5.41) is 0. The zero-order chi connectivity index (χ0) is 11.1. The number of rotatable bonds is 5. The van der Waals surface area contributed by atoms with Gasteiger partial charge in [-0.15, -0.1) is 11.6 Å². The fourth-order valence-electron chi connectivity index (χ4n) is 0.979. The van der Waals surface area contributed by atoms with E-state index in [1.165, 1.54) is 0 Å². The van der Waals surface area contributed by atoms with Crippen molar-refractivity contribution in [1.82, 2.24) is 0 Å². The molecular formula is C10H13ClN2O2. The van der Waals surface area contributed by atoms with Crippen molar-refractivity contribution >= 4 is 23.1 Å². The smallest absolute Gasteiger partial charge is 0.188 e. The lowest BCUT2D eigenvalue weighted by molar-refractivity contribution is 0.0515. The van der Waals surface area contributed by atoms with E-state index in [0.29, 0.717) is 17.3 Å². The van der Waals surface area contributed by atoms with Gasteiger partial charge in [0.15, 0.2) is 6.79 Å². The van der Waals surface area contributed by atoms with E-state index < -0.39 is 0 Å². The van der Waals surface area contributed by atoms with Gasteiger partial charge in [-0.25, -0.2) is 4.99 Å². The van der Waals surface area contributed by atoms with Crippen molar-refractivity contribution in [2.45, 2.75) is 0 Å². The molecule has 0 aliphatic heterocycles. The van der Waals surface area contributed by atoms with E-state index in [2.05, 4.69) is 4.99 Å². The Morgan fingerprint density at radius 1 is 1.47 bits per heavy atom. The van der Waals surface area contributed by atoms with E-state index in [1.807, 2.05) is 12.1 Å². The Morgan fingerprint density at radius 3 is 2.87 bits per heavy atom. The van der Waals surface area contributed by atoms with Gasteiger partial charge >= 0.3 is 0 Å². The summed E-state index contributed by atoms with van der Waals surface area (Å²) in [7, 11) is 1.55. The molecule has 4 nitrogen and oxygen atoms in total. The molecule has 5 heteroatoms. The molecule has 0 saturated carbocycles. The number of hydrogen-bond donors (Lipinski definition) is 1. The minimum atomic E-state index is 0.174. The molecule has 0 spiro atoms. The lowest BCUT2D eigenvalue weighted by atomic mass is 10.3. The van der Waals surface area contributed by atoms with Crippen LogP contribution in [0.4, 0.5) is 5.69 Å². The van der Waals surface area contributed by atoms with Gasteiger partial charge in [-0.3, -0.25) is 0 Å². The van der Waals surface area contributed by atoms with Gasteiger partial charge in [-0.05, 0) is 12.1 Å². The SMILES string of the molecule is COCOc1ccccc1N=C(N)CCl. The summed E-state index contributed by atoms with van der Waals surface area (Å²) in [5.41, 5.74) is 6.18. The van der Waals surface area contributed by atoms with Crippen LogP contribution in [0, 0.1) is 0 Å². The van der Waals surface area contributed by atoms with Gasteiger partial charge in [0, 0.05) is 7.11 Å². The molecule has 0 amide bonds. The van der Waals surface area contributed by atoms with Crippen molar-refractivity contribution < 1.29 is 9.47 Å². The largest absolute Gasteiger partial charge is 0.465 e. The number of amidine groups is 1. The van der Waals surface area contributed by atoms with Crippen LogP contribution in [0.1, 0.15) is 0 Å². The zero-order valence-electron chi connectivity index (χ0n) is 8.44. The summed E-state index contributed by atoms with van der Waals surface area (Å²) >= 11 is 5.54. The van der Waals surface area contributed by atoms with Crippen LogP contribution in [0.5, 0.6) is 5.75 Å². The maximum atomic E-state index is 5.54. The second-order valence-electron chi connectivity index (χ2n) is 2.76. The molecule has 1 rings (SSSR count). The number of benzene rings is 1. The van der Waals surface area contributed by atoms with Crippen LogP contribution in [0.2, 0.25) is 0 Å². The molecule has 0 heterocycles. The Hall–Kier alpha value is -1.26. The van der Waals surface area contributed by atoms with Crippen molar-refractivity contribution in [3.8, 4) is 5.75 Å². The molecule has 0 radical (unpaired) electrons. The number of methoxy groups -OCH3 is 1. The topological polar surface area (TPSA) is 56.8 Å². The zero-order valence-corrected chi connectivity index (χ0v) is 9.20. The Morgan fingerprint density at radius 2 is 2.20 bits per heavy atom. The standard InChI is InChI=1S/C10H13ClN2O2/c1-14-7-15-9-5-3-2-4-8(9)13-10(12)6-11/h2-5H,6-7H2,1H3,(H2,12,13). The molecule has 0 unspecified atom stereocenters. The van der Waals surface area contributed by atoms with Crippen LogP contribution in [0.15, 0.2) is 29.3 Å². The van der Waals surface area contributed by atoms with E-state index in [9.17, 15) is 0 Å². The lowest BCUT2D eigenvalue weighted by Crippen LogP contribution is -2.12. The Kier molecular flexibility index (Phi) is 4.93. The average Bonchev–Trinajstić information content (AvgIpc) is 2.28. The summed E-state index contributed by atoms with van der Waals surface area (Å²) in [6.45, 7) is 0.174. The van der Waals surface area contributed by atoms with Gasteiger partial charge in [0.25, 0.3) is 0 Å². The molecule has 1 aromatic rings. The fourth-order valence-corrected chi connectivity index (χ4v) is 1.04. The first-order valence-corrected chi connectivity index (χ1v) is 4.91. The predicted octanol–water partition coefficient (Wildman–Crippen LogP) is 1.90. The van der Waals surface area contributed by atoms with Crippen molar-refractivity contribution in [3.05, 3.63) is 24.3 Å². The van der Waals surface area contributed by atoms with Crippen LogP contribution in [-0.2, 0) is 4.74 Å². The second-order valence-corrected chi connectivity index (χ2v) is 3.02. The molecule has 0 atom stereocenters. The molecular weight excluding hydrogens is 216 g/mol. The van der Waals surface area contributed by atoms with Crippen LogP contribution < -0.4 is 10.5 Å². The third-order valence-electron chi connectivity index (χ3n) is 1.60. The normalized spacial score (nSPS) is 11.5. The Labute approximate surface area is 93.7 Å². The third kappa shape index (κ3) is 3.77. The minimum Gasteiger partial charge on any atom is -0.465 e. The predicted molar refractivity (Wildman–Crippen MR) is 60.9 cm³/mol. The first kappa shape index (κ1) is 11.8. The molecule has 0 fully saturated rings. The Balaban J connectivity index is 2.86. The molecule has 0 aromatic heterocycles. The van der Waals surface area contributed by atoms with E-state index in [4.69, 9.17) is 26.8 Å². The highest BCUT2D eigenvalue weighted by molar-refractivity contribution is 6.28. The first-order chi connectivity index (χ1) is 7.27. The van der Waals surface area contributed by atoms with E-state index in [-0.39, 0.29) is 12.7 Å². The highest BCUT2D eigenvalue weighted by atomic mass is 35.5. The molecule has 15 heavy (non-hydrogen) atoms. The van der Waals surface area contributed by atoms with Crippen molar-refractivity contribution in [3.63, 3.8) is 0 Å². The first-order valence-electron chi connectivity index (χ1n) is 4.37. The van der Waals surface area contributed by atoms with Gasteiger partial charge < -0.3 is 15.2 Å². The van der Waals surface area contributed by atoms with E-state index >= 15 is 0 Å². The molecule has 2 N–H and O–H groups in total. The van der Waals surface area contributed by atoms with Crippen LogP contribution >= 0.6 is 11.6 Å². The minimum absolute atomic E-state index is 0.174. The molecule has 0 saturated heterocycles. The summed E-state index contributed by atoms with van der Waals surface area (Å²) in [4.78, 5) is 4.11. The quantitative estimate of drug-likeness (QED) is 0.362. The number of hydrogen-bond acceptors (Lipinski definition) is 3. The van der Waals surface area contributed by atoms with Crippen LogP contribution in [0.3, 0.4) is 0 Å². The number of ether oxygens (including phenoxy) is 2.